The SMILES string of the molecule is CSCC[C@H](NC(=O)N1CCCC1(C)C)C(=O)O. The number of urea groups is 1. The molecule has 1 rings (SSSR count). The van der Waals surface area contributed by atoms with Gasteiger partial charge in [0.1, 0.15) is 6.04 Å². The summed E-state index contributed by atoms with van der Waals surface area (Å²) < 4.78 is 0. The number of carboxylic acids is 1. The van der Waals surface area contributed by atoms with Crippen molar-refractivity contribution < 1.29 is 14.7 Å². The van der Waals surface area contributed by atoms with Gasteiger partial charge >= 0.3 is 12.0 Å². The Balaban J connectivity index is 2.58. The van der Waals surface area contributed by atoms with Crippen molar-refractivity contribution in [2.75, 3.05) is 18.6 Å². The van der Waals surface area contributed by atoms with E-state index in [2.05, 4.69) is 5.32 Å². The van der Waals surface area contributed by atoms with Gasteiger partial charge in [-0.2, -0.15) is 11.8 Å². The summed E-state index contributed by atoms with van der Waals surface area (Å²) in [6.45, 7) is 4.72. The van der Waals surface area contributed by atoms with Gasteiger partial charge in [0.05, 0.1) is 0 Å². The Hall–Kier alpha value is -0.910. The summed E-state index contributed by atoms with van der Waals surface area (Å²) in [4.78, 5) is 24.9. The molecule has 1 heterocycles. The fourth-order valence-corrected chi connectivity index (χ4v) is 2.68. The molecule has 1 saturated heterocycles. The van der Waals surface area contributed by atoms with Crippen LogP contribution >= 0.6 is 11.8 Å². The van der Waals surface area contributed by atoms with Gasteiger partial charge in [-0.05, 0) is 45.1 Å². The lowest BCUT2D eigenvalue weighted by molar-refractivity contribution is -0.139. The molecule has 1 fully saturated rings. The third kappa shape index (κ3) is 3.80. The van der Waals surface area contributed by atoms with E-state index in [-0.39, 0.29) is 11.6 Å². The predicted octanol–water partition coefficient (Wildman–Crippen LogP) is 1.78. The Morgan fingerprint density at radius 3 is 2.61 bits per heavy atom. The number of nitrogens with zero attached hydrogens (tertiary/aromatic N) is 1. The second kappa shape index (κ2) is 6.31. The molecule has 0 radical (unpaired) electrons. The molecule has 0 aliphatic carbocycles. The number of carboxylic acid groups (broad SMARTS) is 1. The zero-order chi connectivity index (χ0) is 13.8. The molecule has 2 N–H and O–H groups in total. The van der Waals surface area contributed by atoms with E-state index in [9.17, 15) is 9.59 Å². The maximum atomic E-state index is 12.1. The fourth-order valence-electron chi connectivity index (χ4n) is 2.20. The molecular weight excluding hydrogens is 252 g/mol. The highest BCUT2D eigenvalue weighted by Gasteiger charge is 2.36. The van der Waals surface area contributed by atoms with Gasteiger partial charge in [-0.25, -0.2) is 9.59 Å². The second-order valence-electron chi connectivity index (χ2n) is 5.19. The topological polar surface area (TPSA) is 69.6 Å². The monoisotopic (exact) mass is 274 g/mol. The van der Waals surface area contributed by atoms with Gasteiger partial charge in [-0.1, -0.05) is 0 Å². The van der Waals surface area contributed by atoms with Crippen molar-refractivity contribution in [3.63, 3.8) is 0 Å². The van der Waals surface area contributed by atoms with Gasteiger partial charge in [0, 0.05) is 12.1 Å². The Labute approximate surface area is 112 Å². The average molecular weight is 274 g/mol. The standard InChI is InChI=1S/C12H22N2O3S/c1-12(2)6-4-7-14(12)11(17)13-9(10(15)16)5-8-18-3/h9H,4-8H2,1-3H3,(H,13,17)(H,15,16)/t9-/m0/s1. The van der Waals surface area contributed by atoms with Crippen molar-refractivity contribution in [1.29, 1.82) is 0 Å². The fraction of sp³-hybridized carbons (Fsp3) is 0.833. The molecule has 6 heteroatoms. The Morgan fingerprint density at radius 2 is 2.17 bits per heavy atom. The highest BCUT2D eigenvalue weighted by atomic mass is 32.2. The molecule has 0 aromatic heterocycles. The predicted molar refractivity (Wildman–Crippen MR) is 73.0 cm³/mol. The normalized spacial score (nSPS) is 19.6. The van der Waals surface area contributed by atoms with Crippen LogP contribution in [0.25, 0.3) is 0 Å². The Kier molecular flexibility index (Phi) is 5.31. The van der Waals surface area contributed by atoms with Crippen LogP contribution in [0, 0.1) is 0 Å². The molecule has 2 amide bonds. The number of carbonyl (C=O) groups excluding carboxylic acids is 1. The highest BCUT2D eigenvalue weighted by molar-refractivity contribution is 7.98. The molecule has 0 aromatic carbocycles. The zero-order valence-electron chi connectivity index (χ0n) is 11.2. The van der Waals surface area contributed by atoms with Crippen molar-refractivity contribution in [2.24, 2.45) is 0 Å². The molecule has 0 spiro atoms. The average Bonchev–Trinajstić information content (AvgIpc) is 2.63. The van der Waals surface area contributed by atoms with E-state index in [0.29, 0.717) is 13.0 Å². The van der Waals surface area contributed by atoms with Gasteiger partial charge in [0.25, 0.3) is 0 Å². The van der Waals surface area contributed by atoms with E-state index < -0.39 is 12.0 Å². The van der Waals surface area contributed by atoms with Crippen LogP contribution in [0.15, 0.2) is 0 Å². The number of hydrogen-bond acceptors (Lipinski definition) is 3. The molecule has 0 aromatic rings. The summed E-state index contributed by atoms with van der Waals surface area (Å²) in [5.74, 6) is -0.241. The van der Waals surface area contributed by atoms with E-state index in [0.717, 1.165) is 18.6 Å². The summed E-state index contributed by atoms with van der Waals surface area (Å²) in [6, 6.07) is -1.05. The van der Waals surface area contributed by atoms with Crippen molar-refractivity contribution in [3.05, 3.63) is 0 Å². The van der Waals surface area contributed by atoms with Crippen molar-refractivity contribution in [2.45, 2.75) is 44.7 Å². The number of rotatable bonds is 5. The van der Waals surface area contributed by atoms with Gasteiger partial charge in [-0.3, -0.25) is 0 Å². The number of thioether (sulfide) groups is 1. The molecule has 0 bridgehead atoms. The van der Waals surface area contributed by atoms with Crippen LogP contribution in [-0.4, -0.2) is 52.1 Å². The summed E-state index contributed by atoms with van der Waals surface area (Å²) in [5, 5.41) is 11.7. The van der Waals surface area contributed by atoms with E-state index >= 15 is 0 Å². The molecule has 1 aliphatic heterocycles. The lowest BCUT2D eigenvalue weighted by Gasteiger charge is -2.32. The van der Waals surface area contributed by atoms with Crippen LogP contribution in [0.1, 0.15) is 33.1 Å². The van der Waals surface area contributed by atoms with E-state index in [1.165, 1.54) is 0 Å². The highest BCUT2D eigenvalue weighted by Crippen LogP contribution is 2.28. The first-order valence-corrected chi connectivity index (χ1v) is 7.58. The quantitative estimate of drug-likeness (QED) is 0.801. The van der Waals surface area contributed by atoms with Gasteiger partial charge in [0.15, 0.2) is 0 Å². The summed E-state index contributed by atoms with van der Waals surface area (Å²) >= 11 is 1.58. The number of carbonyl (C=O) groups is 2. The van der Waals surface area contributed by atoms with Crippen LogP contribution in [0.5, 0.6) is 0 Å². The summed E-state index contributed by atoms with van der Waals surface area (Å²) in [5.41, 5.74) is -0.174. The van der Waals surface area contributed by atoms with E-state index in [4.69, 9.17) is 5.11 Å². The second-order valence-corrected chi connectivity index (χ2v) is 6.18. The molecular formula is C12H22N2O3S. The van der Waals surface area contributed by atoms with Crippen LogP contribution < -0.4 is 5.32 Å². The van der Waals surface area contributed by atoms with Crippen LogP contribution in [-0.2, 0) is 4.79 Å². The molecule has 1 aliphatic rings. The summed E-state index contributed by atoms with van der Waals surface area (Å²) in [7, 11) is 0. The van der Waals surface area contributed by atoms with Crippen LogP contribution in [0.2, 0.25) is 0 Å². The minimum absolute atomic E-state index is 0.174. The van der Waals surface area contributed by atoms with E-state index in [1.54, 1.807) is 16.7 Å². The first-order valence-electron chi connectivity index (χ1n) is 6.18. The van der Waals surface area contributed by atoms with Gasteiger partial charge in [-0.15, -0.1) is 0 Å². The minimum Gasteiger partial charge on any atom is -0.480 e. The van der Waals surface area contributed by atoms with Gasteiger partial charge < -0.3 is 15.3 Å². The zero-order valence-corrected chi connectivity index (χ0v) is 12.0. The van der Waals surface area contributed by atoms with Crippen LogP contribution in [0.4, 0.5) is 4.79 Å². The minimum atomic E-state index is -0.964. The first kappa shape index (κ1) is 15.1. The molecule has 0 saturated carbocycles. The lowest BCUT2D eigenvalue weighted by atomic mass is 10.0. The van der Waals surface area contributed by atoms with Crippen LogP contribution in [0.3, 0.4) is 0 Å². The number of hydrogen-bond donors (Lipinski definition) is 2. The van der Waals surface area contributed by atoms with Crippen molar-refractivity contribution >= 4 is 23.8 Å². The lowest BCUT2D eigenvalue weighted by Crippen LogP contribution is -2.52. The molecule has 5 nitrogen and oxygen atoms in total. The molecule has 18 heavy (non-hydrogen) atoms. The third-order valence-corrected chi connectivity index (χ3v) is 4.00. The molecule has 0 unspecified atom stereocenters. The number of aliphatic carboxylic acids is 1. The maximum Gasteiger partial charge on any atom is 0.326 e. The number of nitrogens with one attached hydrogen (secondary N) is 1. The smallest absolute Gasteiger partial charge is 0.326 e. The number of amides is 2. The largest absolute Gasteiger partial charge is 0.480 e. The van der Waals surface area contributed by atoms with Crippen molar-refractivity contribution in [3.8, 4) is 0 Å². The van der Waals surface area contributed by atoms with Crippen molar-refractivity contribution in [1.82, 2.24) is 10.2 Å². The summed E-state index contributed by atoms with van der Waals surface area (Å²) in [6.07, 6.45) is 4.31. The third-order valence-electron chi connectivity index (χ3n) is 3.35. The van der Waals surface area contributed by atoms with Gasteiger partial charge in [0.2, 0.25) is 0 Å². The Bertz CT molecular complexity index is 320. The maximum absolute atomic E-state index is 12.1. The first-order chi connectivity index (χ1) is 8.38. The Morgan fingerprint density at radius 1 is 1.50 bits per heavy atom. The van der Waals surface area contributed by atoms with E-state index in [1.807, 2.05) is 20.1 Å². The molecule has 1 atom stereocenters. The number of likely N-dealkylation sites (tertiary alicyclic amines) is 1. The molecule has 104 valence electrons.